The van der Waals surface area contributed by atoms with Crippen LogP contribution in [0.25, 0.3) is 0 Å². The van der Waals surface area contributed by atoms with E-state index in [4.69, 9.17) is 18.9 Å². The van der Waals surface area contributed by atoms with Crippen molar-refractivity contribution >= 4 is 11.8 Å². The molecule has 5 aliphatic rings. The quantitative estimate of drug-likeness (QED) is 0.643. The number of esters is 1. The van der Waals surface area contributed by atoms with Gasteiger partial charge in [-0.3, -0.25) is 4.79 Å². The van der Waals surface area contributed by atoms with E-state index in [-0.39, 0.29) is 60.5 Å². The zero-order valence-electron chi connectivity index (χ0n) is 17.1. The number of Topliss-reactive ketones (excluding diaryl/α,β-unsaturated/α-hetero) is 1. The molecular formula is C22H28O6. The number of carbonyl (C=O) groups excluding carboxylic acids is 2. The maximum atomic E-state index is 13.7. The molecule has 0 spiro atoms. The molecule has 0 unspecified atom stereocenters. The van der Waals surface area contributed by atoms with Gasteiger partial charge in [0.15, 0.2) is 5.76 Å². The first kappa shape index (κ1) is 18.4. The molecule has 152 valence electrons. The van der Waals surface area contributed by atoms with Gasteiger partial charge in [-0.05, 0) is 29.9 Å². The SMILES string of the molecule is COC1=C[C@@H](C)[C@@H]2C[C@H]3OC(=O)C=C4[C@@H](C)[C@@H]5OCO[C@H]5[C@@H]([C@]43C)[C@@]2(C)C1=O. The highest BCUT2D eigenvalue weighted by molar-refractivity contribution is 6.00. The normalized spacial score (nSPS) is 52.0. The van der Waals surface area contributed by atoms with Crippen molar-refractivity contribution in [2.45, 2.75) is 52.4 Å². The molecule has 0 amide bonds. The van der Waals surface area contributed by atoms with Gasteiger partial charge in [0.05, 0.1) is 19.3 Å². The molecule has 28 heavy (non-hydrogen) atoms. The molecule has 6 heteroatoms. The molecule has 0 radical (unpaired) electrons. The number of ether oxygens (including phenoxy) is 4. The molecule has 0 N–H and O–H groups in total. The monoisotopic (exact) mass is 388 g/mol. The van der Waals surface area contributed by atoms with Crippen molar-refractivity contribution in [3.05, 3.63) is 23.5 Å². The molecule has 0 aromatic carbocycles. The van der Waals surface area contributed by atoms with Gasteiger partial charge in [0, 0.05) is 28.7 Å². The number of hydrogen-bond donors (Lipinski definition) is 0. The molecule has 0 aromatic heterocycles. The summed E-state index contributed by atoms with van der Waals surface area (Å²) in [4.78, 5) is 26.1. The Morgan fingerprint density at radius 1 is 1.11 bits per heavy atom. The summed E-state index contributed by atoms with van der Waals surface area (Å²) >= 11 is 0. The largest absolute Gasteiger partial charge is 0.493 e. The van der Waals surface area contributed by atoms with Gasteiger partial charge in [0.25, 0.3) is 0 Å². The van der Waals surface area contributed by atoms with Crippen LogP contribution in [0.2, 0.25) is 0 Å². The van der Waals surface area contributed by atoms with Gasteiger partial charge >= 0.3 is 5.97 Å². The number of fused-ring (bicyclic) bond motifs is 4. The first-order valence-electron chi connectivity index (χ1n) is 10.2. The van der Waals surface area contributed by atoms with Crippen molar-refractivity contribution in [1.82, 2.24) is 0 Å². The van der Waals surface area contributed by atoms with E-state index in [2.05, 4.69) is 27.7 Å². The standard InChI is InChI=1S/C22H28O6/c1-10-6-14(25-5)20(24)22(4)12(10)7-15-21(3)13(8-16(23)28-15)11(2)17-18(19(21)22)27-9-26-17/h6,8,10-12,15,17-19H,7,9H2,1-5H3/t10-,11-,12+,15-,17+,18-,19+,21-,22+/m1/s1. The predicted molar refractivity (Wildman–Crippen MR) is 98.8 cm³/mol. The Kier molecular flexibility index (Phi) is 3.74. The van der Waals surface area contributed by atoms with Gasteiger partial charge in [-0.15, -0.1) is 0 Å². The molecule has 9 atom stereocenters. The van der Waals surface area contributed by atoms with Crippen LogP contribution in [0.4, 0.5) is 0 Å². The van der Waals surface area contributed by atoms with Crippen LogP contribution >= 0.6 is 0 Å². The number of ketones is 1. The Hall–Kier alpha value is -1.66. The van der Waals surface area contributed by atoms with E-state index in [0.717, 1.165) is 5.57 Å². The molecule has 3 aliphatic carbocycles. The Morgan fingerprint density at radius 2 is 1.82 bits per heavy atom. The van der Waals surface area contributed by atoms with E-state index in [1.807, 2.05) is 6.08 Å². The minimum atomic E-state index is -0.676. The summed E-state index contributed by atoms with van der Waals surface area (Å²) < 4.78 is 23.4. The lowest BCUT2D eigenvalue weighted by Gasteiger charge is -2.65. The third-order valence-corrected chi connectivity index (χ3v) is 8.49. The second kappa shape index (κ2) is 5.70. The lowest BCUT2D eigenvalue weighted by molar-refractivity contribution is -0.210. The number of carbonyl (C=O) groups is 2. The van der Waals surface area contributed by atoms with E-state index in [1.165, 1.54) is 0 Å². The maximum absolute atomic E-state index is 13.7. The number of allylic oxidation sites excluding steroid dienone is 2. The summed E-state index contributed by atoms with van der Waals surface area (Å²) in [5.41, 5.74) is -0.0947. The first-order valence-corrected chi connectivity index (χ1v) is 10.2. The smallest absolute Gasteiger partial charge is 0.331 e. The average molecular weight is 388 g/mol. The second-order valence-corrected chi connectivity index (χ2v) is 9.50. The molecule has 2 saturated carbocycles. The molecule has 1 saturated heterocycles. The van der Waals surface area contributed by atoms with Crippen LogP contribution in [0.1, 0.15) is 34.1 Å². The Morgan fingerprint density at radius 3 is 2.54 bits per heavy atom. The van der Waals surface area contributed by atoms with Crippen molar-refractivity contribution in [2.75, 3.05) is 13.9 Å². The summed E-state index contributed by atoms with van der Waals surface area (Å²) in [6.45, 7) is 8.65. The van der Waals surface area contributed by atoms with Crippen LogP contribution in [-0.4, -0.2) is 44.0 Å². The number of hydrogen-bond acceptors (Lipinski definition) is 6. The van der Waals surface area contributed by atoms with Crippen LogP contribution in [0.5, 0.6) is 0 Å². The van der Waals surface area contributed by atoms with Crippen molar-refractivity contribution in [3.63, 3.8) is 0 Å². The second-order valence-electron chi connectivity index (χ2n) is 9.50. The Labute approximate surface area is 165 Å². The van der Waals surface area contributed by atoms with E-state index in [0.29, 0.717) is 12.2 Å². The summed E-state index contributed by atoms with van der Waals surface area (Å²) in [5, 5.41) is 0. The molecule has 6 nitrogen and oxygen atoms in total. The van der Waals surface area contributed by atoms with Gasteiger partial charge < -0.3 is 18.9 Å². The van der Waals surface area contributed by atoms with E-state index < -0.39 is 10.8 Å². The van der Waals surface area contributed by atoms with Gasteiger partial charge in [-0.2, -0.15) is 0 Å². The molecule has 3 fully saturated rings. The average Bonchev–Trinajstić information content (AvgIpc) is 3.12. The fourth-order valence-corrected chi connectivity index (χ4v) is 7.28. The minimum Gasteiger partial charge on any atom is -0.493 e. The summed E-state index contributed by atoms with van der Waals surface area (Å²) in [7, 11) is 1.56. The lowest BCUT2D eigenvalue weighted by atomic mass is 9.40. The van der Waals surface area contributed by atoms with Crippen molar-refractivity contribution < 1.29 is 28.5 Å². The molecule has 2 heterocycles. The highest BCUT2D eigenvalue weighted by Gasteiger charge is 2.72. The van der Waals surface area contributed by atoms with Crippen LogP contribution in [0.15, 0.2) is 23.5 Å². The third-order valence-electron chi connectivity index (χ3n) is 8.49. The van der Waals surface area contributed by atoms with E-state index >= 15 is 0 Å². The Balaban J connectivity index is 1.75. The molecular weight excluding hydrogens is 360 g/mol. The predicted octanol–water partition coefficient (Wildman–Crippen LogP) is 2.63. The number of methoxy groups -OCH3 is 1. The number of rotatable bonds is 1. The highest BCUT2D eigenvalue weighted by atomic mass is 16.7. The van der Waals surface area contributed by atoms with Crippen LogP contribution in [0, 0.1) is 34.5 Å². The van der Waals surface area contributed by atoms with Gasteiger partial charge in [-0.1, -0.05) is 27.7 Å². The molecule has 5 rings (SSSR count). The zero-order chi connectivity index (χ0) is 20.0. The minimum absolute atomic E-state index is 0.0304. The molecule has 0 bridgehead atoms. The summed E-state index contributed by atoms with van der Waals surface area (Å²) in [6.07, 6.45) is 3.59. The zero-order valence-corrected chi connectivity index (χ0v) is 17.1. The first-order chi connectivity index (χ1) is 13.2. The maximum Gasteiger partial charge on any atom is 0.331 e. The lowest BCUT2D eigenvalue weighted by Crippen LogP contribution is -2.70. The van der Waals surface area contributed by atoms with E-state index in [9.17, 15) is 9.59 Å². The fraction of sp³-hybridized carbons (Fsp3) is 0.727. The molecule has 2 aliphatic heterocycles. The third kappa shape index (κ3) is 1.96. The Bertz CT molecular complexity index is 814. The van der Waals surface area contributed by atoms with E-state index in [1.54, 1.807) is 13.2 Å². The van der Waals surface area contributed by atoms with Crippen molar-refractivity contribution in [3.8, 4) is 0 Å². The topological polar surface area (TPSA) is 71.1 Å². The molecule has 0 aromatic rings. The van der Waals surface area contributed by atoms with Gasteiger partial charge in [0.1, 0.15) is 12.9 Å². The summed E-state index contributed by atoms with van der Waals surface area (Å²) in [5.74, 6) is 0.247. The fourth-order valence-electron chi connectivity index (χ4n) is 7.28. The highest BCUT2D eigenvalue weighted by Crippen LogP contribution is 2.68. The van der Waals surface area contributed by atoms with Gasteiger partial charge in [0.2, 0.25) is 5.78 Å². The van der Waals surface area contributed by atoms with Crippen molar-refractivity contribution in [1.29, 1.82) is 0 Å². The van der Waals surface area contributed by atoms with Crippen LogP contribution in [0.3, 0.4) is 0 Å². The van der Waals surface area contributed by atoms with Crippen molar-refractivity contribution in [2.24, 2.45) is 34.5 Å². The summed E-state index contributed by atoms with van der Waals surface area (Å²) in [6, 6.07) is 0. The van der Waals surface area contributed by atoms with Crippen LogP contribution in [-0.2, 0) is 28.5 Å². The van der Waals surface area contributed by atoms with Gasteiger partial charge in [-0.25, -0.2) is 4.79 Å². The van der Waals surface area contributed by atoms with Crippen LogP contribution < -0.4 is 0 Å².